The zero-order chi connectivity index (χ0) is 53.3. The largest absolute Gasteiger partial charge is 0.460 e. The van der Waals surface area contributed by atoms with E-state index in [4.69, 9.17) is 52.1 Å². The minimum atomic E-state index is -1.49. The van der Waals surface area contributed by atoms with Crippen molar-refractivity contribution in [1.82, 2.24) is 0 Å². The van der Waals surface area contributed by atoms with E-state index >= 15 is 0 Å². The van der Waals surface area contributed by atoms with Gasteiger partial charge in [0.2, 0.25) is 12.4 Å². The summed E-state index contributed by atoms with van der Waals surface area (Å²) in [4.78, 5) is 85.4. The van der Waals surface area contributed by atoms with Crippen molar-refractivity contribution < 1.29 is 85.7 Å². The van der Waals surface area contributed by atoms with Crippen LogP contribution in [-0.4, -0.2) is 128 Å². The second-order valence-corrected chi connectivity index (χ2v) is 20.4. The fraction of sp³-hybridized carbons (Fsp3) is 0.836. The van der Waals surface area contributed by atoms with E-state index in [1.807, 2.05) is 13.0 Å². The van der Waals surface area contributed by atoms with E-state index in [0.29, 0.717) is 32.1 Å². The molecular weight excluding hydrogens is 949 g/mol. The van der Waals surface area contributed by atoms with Crippen LogP contribution in [0, 0.1) is 0 Å². The molecule has 0 saturated carbocycles. The third kappa shape index (κ3) is 22.7. The molecule has 3 saturated heterocycles. The van der Waals surface area contributed by atoms with Crippen LogP contribution in [0.25, 0.3) is 0 Å². The summed E-state index contributed by atoms with van der Waals surface area (Å²) in [7, 11) is 0. The van der Waals surface area contributed by atoms with Crippen LogP contribution >= 0.6 is 0 Å². The number of hydrogen-bond donors (Lipinski definition) is 0. The quantitative estimate of drug-likeness (QED) is 0.0333. The molecule has 4 rings (SSSR count). The second-order valence-electron chi connectivity index (χ2n) is 20.4. The van der Waals surface area contributed by atoms with Crippen LogP contribution < -0.4 is 0 Å². The van der Waals surface area contributed by atoms with Gasteiger partial charge in [-0.3, -0.25) is 28.8 Å². The van der Waals surface area contributed by atoms with Crippen molar-refractivity contribution in [3.05, 3.63) is 11.6 Å². The van der Waals surface area contributed by atoms with Gasteiger partial charge in [-0.1, -0.05) is 84.0 Å². The molecule has 0 aliphatic carbocycles. The lowest BCUT2D eigenvalue weighted by atomic mass is 9.97. The second kappa shape index (κ2) is 33.0. The van der Waals surface area contributed by atoms with Gasteiger partial charge in [0.1, 0.15) is 24.4 Å². The molecule has 416 valence electrons. The van der Waals surface area contributed by atoms with E-state index in [1.165, 1.54) is 52.9 Å². The number of carbonyl (C=O) groups is 7. The van der Waals surface area contributed by atoms with Crippen molar-refractivity contribution in [2.45, 2.75) is 289 Å². The highest BCUT2D eigenvalue weighted by Gasteiger charge is 2.53. The van der Waals surface area contributed by atoms with Gasteiger partial charge in [-0.15, -0.1) is 0 Å². The van der Waals surface area contributed by atoms with Crippen molar-refractivity contribution in [2.75, 3.05) is 6.61 Å². The summed E-state index contributed by atoms with van der Waals surface area (Å²) in [5.74, 6) is -3.84. The topological polar surface area (TPSA) is 221 Å². The Balaban J connectivity index is 1.26. The predicted molar refractivity (Wildman–Crippen MR) is 265 cm³/mol. The van der Waals surface area contributed by atoms with Crippen LogP contribution in [-0.2, 0) is 85.7 Å². The van der Waals surface area contributed by atoms with Gasteiger partial charge in [0.15, 0.2) is 12.2 Å². The van der Waals surface area contributed by atoms with Gasteiger partial charge in [-0.2, -0.15) is 0 Å². The van der Waals surface area contributed by atoms with E-state index in [9.17, 15) is 33.6 Å². The SMILES string of the molecule is CCCCCC[C@@H](CCC[C@H](OC(C)=O)[C@H]1CC[C@H]([C@H]2CC[C@H]([C@@H](CCCCCCCCCCCCC3=C[C@H](C)OC3=O)OC(C)=O)O2)O1)OC[C@H]1O[C@@H](OC(C)=O)[C@H](OC(C)=O)[C@@H](OC(C)=O)[C@@H]1OC(C)=O. The molecule has 4 aliphatic rings. The van der Waals surface area contributed by atoms with Gasteiger partial charge in [0, 0.05) is 47.1 Å². The highest BCUT2D eigenvalue weighted by Crippen LogP contribution is 2.37. The Hall–Kier alpha value is -4.13. The summed E-state index contributed by atoms with van der Waals surface area (Å²) >= 11 is 0. The molecule has 0 amide bonds. The zero-order valence-corrected chi connectivity index (χ0v) is 45.1. The monoisotopic (exact) mass is 1040 g/mol. The summed E-state index contributed by atoms with van der Waals surface area (Å²) in [6.07, 6.45) is 15.3. The van der Waals surface area contributed by atoms with Crippen molar-refractivity contribution >= 4 is 41.8 Å². The predicted octanol–water partition coefficient (Wildman–Crippen LogP) is 9.11. The molecule has 0 radical (unpaired) electrons. The Bertz CT molecular complexity index is 1770. The fourth-order valence-corrected chi connectivity index (χ4v) is 10.6. The minimum absolute atomic E-state index is 0.0969. The fourth-order valence-electron chi connectivity index (χ4n) is 10.6. The first-order chi connectivity index (χ1) is 34.9. The molecule has 0 N–H and O–H groups in total. The van der Waals surface area contributed by atoms with Crippen LogP contribution in [0.1, 0.15) is 209 Å². The number of ether oxygens (including phenoxy) is 11. The Morgan fingerprint density at radius 2 is 1.00 bits per heavy atom. The van der Waals surface area contributed by atoms with Gasteiger partial charge >= 0.3 is 41.8 Å². The van der Waals surface area contributed by atoms with Crippen LogP contribution in [0.15, 0.2) is 11.6 Å². The van der Waals surface area contributed by atoms with E-state index in [2.05, 4.69) is 6.92 Å². The molecular formula is C55H88O18. The Morgan fingerprint density at radius 1 is 0.534 bits per heavy atom. The van der Waals surface area contributed by atoms with Gasteiger partial charge in [0.25, 0.3) is 0 Å². The number of carbonyl (C=O) groups excluding carboxylic acids is 7. The molecule has 0 aromatic heterocycles. The molecule has 3 fully saturated rings. The number of hydrogen-bond acceptors (Lipinski definition) is 18. The lowest BCUT2D eigenvalue weighted by Gasteiger charge is -2.44. The van der Waals surface area contributed by atoms with E-state index in [0.717, 1.165) is 116 Å². The number of rotatable bonds is 34. The van der Waals surface area contributed by atoms with Crippen molar-refractivity contribution in [3.8, 4) is 0 Å². The normalized spacial score (nSPS) is 27.0. The molecule has 0 aromatic carbocycles. The molecule has 13 atom stereocenters. The Labute approximate surface area is 433 Å². The van der Waals surface area contributed by atoms with E-state index in [-0.39, 0.29) is 61.3 Å². The average Bonchev–Trinajstić information content (AvgIpc) is 4.08. The summed E-state index contributed by atoms with van der Waals surface area (Å²) < 4.78 is 64.7. The number of cyclic esters (lactones) is 1. The first kappa shape index (κ1) is 61.4. The molecule has 18 heteroatoms. The Kier molecular flexibility index (Phi) is 27.8. The van der Waals surface area contributed by atoms with Crippen LogP contribution in [0.3, 0.4) is 0 Å². The van der Waals surface area contributed by atoms with Crippen molar-refractivity contribution in [3.63, 3.8) is 0 Å². The minimum Gasteiger partial charge on any atom is -0.460 e. The smallest absolute Gasteiger partial charge is 0.334 e. The molecule has 0 bridgehead atoms. The lowest BCUT2D eigenvalue weighted by Crippen LogP contribution is -2.63. The molecule has 4 heterocycles. The first-order valence-electron chi connectivity index (χ1n) is 27.5. The standard InChI is InChI=1S/C55H88O18/c1-9-10-11-21-25-43(63-34-50-51(67-38(5)58)52(68-39(6)59)53(69-40(7)60)55(73-50)70-41(8)61)26-23-28-45(66-37(4)57)47-30-32-49(72-47)48-31-29-46(71-48)44(65-36(3)56)27-22-19-17-15-13-12-14-16-18-20-24-42-33-35(2)64-54(42)62/h33,35,43-53,55H,9-32,34H2,1-8H3/t35-,43-,44+,45-,46+,47+,48+,49+,50+,51+,52-,53+,55+/m0/s1. The van der Waals surface area contributed by atoms with Crippen molar-refractivity contribution in [2.24, 2.45) is 0 Å². The first-order valence-corrected chi connectivity index (χ1v) is 27.5. The molecule has 0 aromatic rings. The van der Waals surface area contributed by atoms with Gasteiger partial charge < -0.3 is 52.1 Å². The summed E-state index contributed by atoms with van der Waals surface area (Å²) in [6.45, 7) is 11.3. The summed E-state index contributed by atoms with van der Waals surface area (Å²) in [5.41, 5.74) is 0.825. The molecule has 73 heavy (non-hydrogen) atoms. The summed E-state index contributed by atoms with van der Waals surface area (Å²) in [6, 6.07) is 0. The van der Waals surface area contributed by atoms with Crippen LogP contribution in [0.2, 0.25) is 0 Å². The maximum absolute atomic E-state index is 12.5. The third-order valence-electron chi connectivity index (χ3n) is 13.9. The maximum Gasteiger partial charge on any atom is 0.334 e. The van der Waals surface area contributed by atoms with Gasteiger partial charge in [-0.05, 0) is 90.0 Å². The maximum atomic E-state index is 12.5. The molecule has 18 nitrogen and oxygen atoms in total. The molecule has 4 aliphatic heterocycles. The molecule has 0 spiro atoms. The third-order valence-corrected chi connectivity index (χ3v) is 13.9. The highest BCUT2D eigenvalue weighted by atomic mass is 16.7. The van der Waals surface area contributed by atoms with Crippen LogP contribution in [0.4, 0.5) is 0 Å². The average molecular weight is 1040 g/mol. The van der Waals surface area contributed by atoms with Gasteiger partial charge in [-0.25, -0.2) is 4.79 Å². The highest BCUT2D eigenvalue weighted by molar-refractivity contribution is 5.90. The number of unbranched alkanes of at least 4 members (excludes halogenated alkanes) is 12. The summed E-state index contributed by atoms with van der Waals surface area (Å²) in [5, 5.41) is 0. The van der Waals surface area contributed by atoms with E-state index in [1.54, 1.807) is 0 Å². The Morgan fingerprint density at radius 3 is 1.51 bits per heavy atom. The van der Waals surface area contributed by atoms with E-state index < -0.39 is 66.7 Å². The van der Waals surface area contributed by atoms with Crippen molar-refractivity contribution in [1.29, 1.82) is 0 Å². The number of esters is 7. The lowest BCUT2D eigenvalue weighted by molar-refractivity contribution is -0.302. The molecule has 0 unspecified atom stereocenters. The van der Waals surface area contributed by atoms with Gasteiger partial charge in [0.05, 0.1) is 37.1 Å². The zero-order valence-electron chi connectivity index (χ0n) is 45.1. The van der Waals surface area contributed by atoms with Crippen LogP contribution in [0.5, 0.6) is 0 Å².